The maximum absolute atomic E-state index is 11.8. The molecule has 2 amide bonds. The van der Waals surface area contributed by atoms with Gasteiger partial charge < -0.3 is 19.9 Å². The van der Waals surface area contributed by atoms with E-state index in [-0.39, 0.29) is 12.5 Å². The van der Waals surface area contributed by atoms with Gasteiger partial charge in [-0.3, -0.25) is 9.59 Å². The van der Waals surface area contributed by atoms with E-state index in [0.29, 0.717) is 11.4 Å². The summed E-state index contributed by atoms with van der Waals surface area (Å²) in [5.41, 5.74) is 0.946. The number of rotatable bonds is 6. The lowest BCUT2D eigenvalue weighted by molar-refractivity contribution is -0.126. The van der Waals surface area contributed by atoms with Crippen LogP contribution in [0.4, 0.5) is 5.69 Å². The number of ether oxygens (including phenoxy) is 1. The first kappa shape index (κ1) is 17.7. The number of esters is 1. The molecule has 0 fully saturated rings. The number of carbonyl (C=O) groups is 3. The molecule has 0 saturated carbocycles. The van der Waals surface area contributed by atoms with Crippen LogP contribution in [-0.4, -0.2) is 35.5 Å². The Balaban J connectivity index is 1.73. The molecule has 2 rings (SSSR count). The molecule has 8 heteroatoms. The van der Waals surface area contributed by atoms with Crippen molar-refractivity contribution in [3.05, 3.63) is 52.8 Å². The predicted octanol–water partition coefficient (Wildman–Crippen LogP) is 1.70. The lowest BCUT2D eigenvalue weighted by Gasteiger charge is -2.09. The third-order valence-corrected chi connectivity index (χ3v) is 3.77. The second-order valence-corrected chi connectivity index (χ2v) is 5.74. The van der Waals surface area contributed by atoms with Gasteiger partial charge in [0.05, 0.1) is 12.2 Å². The number of nitrogens with zero attached hydrogens (tertiary/aromatic N) is 1. The molecule has 1 aromatic heterocycles. The van der Waals surface area contributed by atoms with Gasteiger partial charge in [0.1, 0.15) is 5.69 Å². The average molecular weight is 394 g/mol. The summed E-state index contributed by atoms with van der Waals surface area (Å²) in [7, 11) is 1.70. The number of nitrogens with one attached hydrogen (secondary N) is 2. The molecule has 1 aromatic carbocycles. The largest absolute Gasteiger partial charge is 0.451 e. The van der Waals surface area contributed by atoms with E-state index in [1.54, 1.807) is 48.1 Å². The number of halogens is 1. The van der Waals surface area contributed by atoms with Crippen molar-refractivity contribution in [1.82, 2.24) is 9.88 Å². The number of hydrogen-bond donors (Lipinski definition) is 2. The van der Waals surface area contributed by atoms with Crippen LogP contribution in [0.25, 0.3) is 0 Å². The van der Waals surface area contributed by atoms with E-state index in [9.17, 15) is 14.4 Å². The fourth-order valence-electron chi connectivity index (χ4n) is 1.87. The molecule has 0 spiro atoms. The first-order valence-electron chi connectivity index (χ1n) is 7.07. The highest BCUT2D eigenvalue weighted by molar-refractivity contribution is 9.10. The molecule has 0 atom stereocenters. The fourth-order valence-corrected chi connectivity index (χ4v) is 2.25. The van der Waals surface area contributed by atoms with E-state index in [1.165, 1.54) is 0 Å². The van der Waals surface area contributed by atoms with E-state index in [0.717, 1.165) is 4.47 Å². The Morgan fingerprint density at radius 3 is 2.54 bits per heavy atom. The van der Waals surface area contributed by atoms with Crippen molar-refractivity contribution in [2.45, 2.75) is 0 Å². The highest BCUT2D eigenvalue weighted by Gasteiger charge is 2.13. The van der Waals surface area contributed by atoms with E-state index in [4.69, 9.17) is 4.74 Å². The molecule has 2 aromatic rings. The zero-order valence-corrected chi connectivity index (χ0v) is 14.5. The molecule has 0 bridgehead atoms. The second-order valence-electron chi connectivity index (χ2n) is 4.89. The maximum Gasteiger partial charge on any atom is 0.355 e. The van der Waals surface area contributed by atoms with E-state index < -0.39 is 18.5 Å². The third-order valence-electron chi connectivity index (χ3n) is 3.08. The van der Waals surface area contributed by atoms with Gasteiger partial charge in [-0.1, -0.05) is 12.1 Å². The molecule has 7 nitrogen and oxygen atoms in total. The van der Waals surface area contributed by atoms with Crippen molar-refractivity contribution >= 4 is 39.4 Å². The van der Waals surface area contributed by atoms with Crippen LogP contribution in [0.2, 0.25) is 0 Å². The average Bonchev–Trinajstić information content (AvgIpc) is 2.99. The van der Waals surface area contributed by atoms with Crippen molar-refractivity contribution in [3.8, 4) is 0 Å². The summed E-state index contributed by atoms with van der Waals surface area (Å²) < 4.78 is 7.21. The summed E-state index contributed by atoms with van der Waals surface area (Å²) in [6.07, 6.45) is 1.70. The number of para-hydroxylation sites is 1. The molecule has 126 valence electrons. The van der Waals surface area contributed by atoms with Crippen LogP contribution in [-0.2, 0) is 21.4 Å². The minimum Gasteiger partial charge on any atom is -0.451 e. The lowest BCUT2D eigenvalue weighted by Crippen LogP contribution is -2.35. The Morgan fingerprint density at radius 2 is 1.88 bits per heavy atom. The van der Waals surface area contributed by atoms with Crippen LogP contribution in [0.3, 0.4) is 0 Å². The van der Waals surface area contributed by atoms with Gasteiger partial charge in [-0.25, -0.2) is 4.79 Å². The molecule has 1 heterocycles. The second kappa shape index (κ2) is 8.30. The first-order valence-corrected chi connectivity index (χ1v) is 7.86. The van der Waals surface area contributed by atoms with Crippen molar-refractivity contribution in [1.29, 1.82) is 0 Å². The standard InChI is InChI=1S/C16H16BrN3O4/c1-20-8-4-7-13(20)16(23)24-10-15(22)18-9-14(21)19-12-6-3-2-5-11(12)17/h2-8H,9-10H2,1H3,(H,18,22)(H,19,21). The summed E-state index contributed by atoms with van der Waals surface area (Å²) in [5, 5.41) is 5.04. The minimum absolute atomic E-state index is 0.220. The molecule has 0 aliphatic heterocycles. The molecule has 0 aliphatic carbocycles. The highest BCUT2D eigenvalue weighted by atomic mass is 79.9. The lowest BCUT2D eigenvalue weighted by atomic mass is 10.3. The Labute approximate surface area is 147 Å². The van der Waals surface area contributed by atoms with Gasteiger partial charge in [0.15, 0.2) is 6.61 Å². The highest BCUT2D eigenvalue weighted by Crippen LogP contribution is 2.20. The number of benzene rings is 1. The zero-order chi connectivity index (χ0) is 17.5. The van der Waals surface area contributed by atoms with Crippen LogP contribution in [0.15, 0.2) is 47.1 Å². The number of hydrogen-bond acceptors (Lipinski definition) is 4. The fraction of sp³-hybridized carbons (Fsp3) is 0.188. The topological polar surface area (TPSA) is 89.4 Å². The summed E-state index contributed by atoms with van der Waals surface area (Å²) in [6, 6.07) is 10.4. The zero-order valence-electron chi connectivity index (χ0n) is 12.9. The summed E-state index contributed by atoms with van der Waals surface area (Å²) in [6.45, 7) is -0.672. The van der Waals surface area contributed by atoms with Crippen molar-refractivity contribution < 1.29 is 19.1 Å². The molecular formula is C16H16BrN3O4. The first-order chi connectivity index (χ1) is 11.5. The maximum atomic E-state index is 11.8. The monoisotopic (exact) mass is 393 g/mol. The summed E-state index contributed by atoms with van der Waals surface area (Å²) >= 11 is 3.31. The Bertz CT molecular complexity index is 757. The van der Waals surface area contributed by atoms with Gasteiger partial charge in [0, 0.05) is 17.7 Å². The number of amides is 2. The van der Waals surface area contributed by atoms with Gasteiger partial charge in [-0.15, -0.1) is 0 Å². The van der Waals surface area contributed by atoms with Gasteiger partial charge >= 0.3 is 5.97 Å². The van der Waals surface area contributed by atoms with Crippen molar-refractivity contribution in [3.63, 3.8) is 0 Å². The minimum atomic E-state index is -0.602. The molecule has 2 N–H and O–H groups in total. The quantitative estimate of drug-likeness (QED) is 0.730. The predicted molar refractivity (Wildman–Crippen MR) is 91.5 cm³/mol. The van der Waals surface area contributed by atoms with E-state index in [1.807, 2.05) is 6.07 Å². The van der Waals surface area contributed by atoms with Crippen LogP contribution in [0.1, 0.15) is 10.5 Å². The number of aryl methyl sites for hydroxylation is 1. The number of carbonyl (C=O) groups excluding carboxylic acids is 3. The van der Waals surface area contributed by atoms with E-state index in [2.05, 4.69) is 26.6 Å². The van der Waals surface area contributed by atoms with Crippen LogP contribution in [0, 0.1) is 0 Å². The molecule has 0 aliphatic rings. The molecule has 0 unspecified atom stereocenters. The molecule has 24 heavy (non-hydrogen) atoms. The van der Waals surface area contributed by atoms with Crippen molar-refractivity contribution in [2.75, 3.05) is 18.5 Å². The third kappa shape index (κ3) is 4.95. The Hall–Kier alpha value is -2.61. The van der Waals surface area contributed by atoms with E-state index >= 15 is 0 Å². The Morgan fingerprint density at radius 1 is 1.12 bits per heavy atom. The number of aromatic nitrogens is 1. The molecular weight excluding hydrogens is 378 g/mol. The summed E-state index contributed by atoms with van der Waals surface area (Å²) in [5.74, 6) is -1.54. The van der Waals surface area contributed by atoms with Crippen LogP contribution < -0.4 is 10.6 Å². The number of anilines is 1. The van der Waals surface area contributed by atoms with Gasteiger partial charge in [-0.05, 0) is 40.2 Å². The summed E-state index contributed by atoms with van der Waals surface area (Å²) in [4.78, 5) is 35.2. The molecule has 0 radical (unpaired) electrons. The van der Waals surface area contributed by atoms with Crippen LogP contribution >= 0.6 is 15.9 Å². The molecule has 0 saturated heterocycles. The van der Waals surface area contributed by atoms with Crippen molar-refractivity contribution in [2.24, 2.45) is 7.05 Å². The van der Waals surface area contributed by atoms with Gasteiger partial charge in [0.2, 0.25) is 5.91 Å². The van der Waals surface area contributed by atoms with Gasteiger partial charge in [0.25, 0.3) is 5.91 Å². The normalized spacial score (nSPS) is 10.1. The Kier molecular flexibility index (Phi) is 6.14. The van der Waals surface area contributed by atoms with Gasteiger partial charge in [-0.2, -0.15) is 0 Å². The SMILES string of the molecule is Cn1cccc1C(=O)OCC(=O)NCC(=O)Nc1ccccc1Br. The smallest absolute Gasteiger partial charge is 0.355 e. The van der Waals surface area contributed by atoms with Crippen LogP contribution in [0.5, 0.6) is 0 Å².